The normalized spacial score (nSPS) is 25.7. The number of nitrogens with zero attached hydrogens (tertiary/aromatic N) is 4. The smallest absolute Gasteiger partial charge is 0.233 e. The molecule has 2 aromatic carbocycles. The second-order valence-corrected chi connectivity index (χ2v) is 10.3. The van der Waals surface area contributed by atoms with Gasteiger partial charge >= 0.3 is 0 Å². The van der Waals surface area contributed by atoms with Crippen molar-refractivity contribution in [2.75, 3.05) is 5.32 Å². The van der Waals surface area contributed by atoms with Crippen molar-refractivity contribution >= 4 is 28.6 Å². The van der Waals surface area contributed by atoms with Gasteiger partial charge in [0.1, 0.15) is 5.41 Å². The lowest BCUT2D eigenvalue weighted by molar-refractivity contribution is -0.127. The van der Waals surface area contributed by atoms with E-state index in [-0.39, 0.29) is 11.8 Å². The first-order valence-electron chi connectivity index (χ1n) is 11.5. The van der Waals surface area contributed by atoms with Crippen molar-refractivity contribution in [3.63, 3.8) is 0 Å². The quantitative estimate of drug-likeness (QED) is 0.552. The average molecular weight is 478 g/mol. The van der Waals surface area contributed by atoms with Gasteiger partial charge in [0.2, 0.25) is 5.91 Å². The zero-order chi connectivity index (χ0) is 24.2. The zero-order valence-corrected chi connectivity index (χ0v) is 20.0. The highest BCUT2D eigenvalue weighted by atomic mass is 32.1. The molecular weight excluding hydrogens is 454 g/mol. The summed E-state index contributed by atoms with van der Waals surface area (Å²) in [6.07, 6.45) is 5.87. The molecule has 1 aromatic heterocycles. The molecule has 2 bridgehead atoms. The van der Waals surface area contributed by atoms with Gasteiger partial charge in [-0.15, -0.1) is 11.3 Å². The minimum Gasteiger partial charge on any atom is -0.301 e. The fourth-order valence-electron chi connectivity index (χ4n) is 5.89. The first-order chi connectivity index (χ1) is 17.0. The number of amides is 1. The lowest BCUT2D eigenvalue weighted by Gasteiger charge is -2.54. The van der Waals surface area contributed by atoms with Crippen LogP contribution in [0.2, 0.25) is 0 Å². The molecule has 0 saturated heterocycles. The number of benzene rings is 2. The second kappa shape index (κ2) is 7.76. The SMILES string of the molecule is C=C1C=CC=NN1Cc1csc(NC(=O)C2(C)CC3(C#N)c4ccccc4C2c2ccccc23)n1. The van der Waals surface area contributed by atoms with Crippen LogP contribution in [0, 0.1) is 16.7 Å². The highest BCUT2D eigenvalue weighted by Crippen LogP contribution is 2.63. The Kier molecular flexibility index (Phi) is 4.77. The fraction of sp³-hybridized carbons (Fsp3) is 0.214. The Hall–Kier alpha value is -4.02. The number of nitrogens with one attached hydrogen (secondary N) is 1. The minimum atomic E-state index is -0.859. The fourth-order valence-corrected chi connectivity index (χ4v) is 6.59. The third-order valence-corrected chi connectivity index (χ3v) is 8.25. The first-order valence-corrected chi connectivity index (χ1v) is 12.4. The van der Waals surface area contributed by atoms with Crippen LogP contribution >= 0.6 is 11.3 Å². The van der Waals surface area contributed by atoms with E-state index in [1.54, 1.807) is 11.2 Å². The van der Waals surface area contributed by atoms with Gasteiger partial charge in [-0.3, -0.25) is 9.80 Å². The Balaban J connectivity index is 1.33. The Morgan fingerprint density at radius 2 is 1.91 bits per heavy atom. The highest BCUT2D eigenvalue weighted by Gasteiger charge is 2.61. The predicted molar refractivity (Wildman–Crippen MR) is 137 cm³/mol. The van der Waals surface area contributed by atoms with Crippen LogP contribution in [-0.2, 0) is 16.8 Å². The number of hydrogen-bond donors (Lipinski definition) is 1. The highest BCUT2D eigenvalue weighted by molar-refractivity contribution is 7.13. The van der Waals surface area contributed by atoms with Gasteiger partial charge in [0, 0.05) is 17.5 Å². The molecule has 0 fully saturated rings. The van der Waals surface area contributed by atoms with Crippen molar-refractivity contribution in [1.82, 2.24) is 9.99 Å². The average Bonchev–Trinajstić information content (AvgIpc) is 3.32. The lowest BCUT2D eigenvalue weighted by atomic mass is 9.47. The lowest BCUT2D eigenvalue weighted by Crippen LogP contribution is -2.53. The molecule has 4 aliphatic rings. The molecule has 6 nitrogen and oxygen atoms in total. The van der Waals surface area contributed by atoms with Gasteiger partial charge in [-0.25, -0.2) is 4.98 Å². The van der Waals surface area contributed by atoms with Crippen LogP contribution in [-0.4, -0.2) is 22.1 Å². The summed E-state index contributed by atoms with van der Waals surface area (Å²) in [5, 5.41) is 22.2. The van der Waals surface area contributed by atoms with E-state index in [1.165, 1.54) is 11.3 Å². The van der Waals surface area contributed by atoms with Gasteiger partial charge in [0.25, 0.3) is 0 Å². The number of hydrazone groups is 1. The number of carbonyl (C=O) groups is 1. The van der Waals surface area contributed by atoms with Crippen LogP contribution in [0.15, 0.2) is 83.4 Å². The van der Waals surface area contributed by atoms with E-state index in [9.17, 15) is 10.1 Å². The van der Waals surface area contributed by atoms with Crippen LogP contribution < -0.4 is 5.32 Å². The molecule has 1 aliphatic heterocycles. The molecule has 7 rings (SSSR count). The van der Waals surface area contributed by atoms with Crippen molar-refractivity contribution in [2.24, 2.45) is 10.5 Å². The van der Waals surface area contributed by atoms with Crippen molar-refractivity contribution in [2.45, 2.75) is 31.2 Å². The van der Waals surface area contributed by atoms with Crippen LogP contribution in [0.5, 0.6) is 0 Å². The van der Waals surface area contributed by atoms with Crippen LogP contribution in [0.4, 0.5) is 5.13 Å². The van der Waals surface area contributed by atoms with Gasteiger partial charge in [0.15, 0.2) is 5.13 Å². The number of allylic oxidation sites excluding steroid dienone is 2. The zero-order valence-electron chi connectivity index (χ0n) is 19.2. The van der Waals surface area contributed by atoms with Crippen LogP contribution in [0.3, 0.4) is 0 Å². The van der Waals surface area contributed by atoms with E-state index < -0.39 is 10.8 Å². The molecular formula is C28H23N5OS. The molecule has 172 valence electrons. The van der Waals surface area contributed by atoms with Gasteiger partial charge < -0.3 is 5.32 Å². The summed E-state index contributed by atoms with van der Waals surface area (Å²) in [6.45, 7) is 6.46. The number of thiazole rings is 1. The monoisotopic (exact) mass is 477 g/mol. The van der Waals surface area contributed by atoms with Crippen molar-refractivity contribution in [1.29, 1.82) is 5.26 Å². The number of carbonyl (C=O) groups excluding carboxylic acids is 1. The van der Waals surface area contributed by atoms with Crippen molar-refractivity contribution in [3.8, 4) is 6.07 Å². The molecule has 0 spiro atoms. The summed E-state index contributed by atoms with van der Waals surface area (Å²) in [7, 11) is 0. The number of fused-ring (bicyclic) bond motifs is 1. The maximum absolute atomic E-state index is 13.9. The number of aromatic nitrogens is 1. The minimum absolute atomic E-state index is 0.115. The van der Waals surface area contributed by atoms with E-state index in [0.717, 1.165) is 33.6 Å². The predicted octanol–water partition coefficient (Wildman–Crippen LogP) is 5.32. The van der Waals surface area contributed by atoms with E-state index in [1.807, 2.05) is 60.9 Å². The van der Waals surface area contributed by atoms with Crippen molar-refractivity contribution < 1.29 is 4.79 Å². The molecule has 35 heavy (non-hydrogen) atoms. The second-order valence-electron chi connectivity index (χ2n) is 9.49. The number of rotatable bonds is 4. The third-order valence-electron chi connectivity index (χ3n) is 7.44. The molecule has 0 radical (unpaired) electrons. The van der Waals surface area contributed by atoms with Gasteiger partial charge in [0.05, 0.1) is 29.4 Å². The molecule has 1 unspecified atom stereocenters. The summed E-state index contributed by atoms with van der Waals surface area (Å²) in [6, 6.07) is 18.8. The first kappa shape index (κ1) is 21.5. The summed E-state index contributed by atoms with van der Waals surface area (Å²) < 4.78 is 0. The summed E-state index contributed by atoms with van der Waals surface area (Å²) in [5.41, 5.74) is 4.09. The molecule has 7 heteroatoms. The van der Waals surface area contributed by atoms with Crippen LogP contribution in [0.1, 0.15) is 47.2 Å². The van der Waals surface area contributed by atoms with E-state index in [0.29, 0.717) is 18.1 Å². The Bertz CT molecular complexity index is 1430. The Morgan fingerprint density at radius 1 is 1.23 bits per heavy atom. The largest absolute Gasteiger partial charge is 0.301 e. The molecule has 0 saturated carbocycles. The van der Waals surface area contributed by atoms with Crippen LogP contribution in [0.25, 0.3) is 0 Å². The van der Waals surface area contributed by atoms with Gasteiger partial charge in [-0.1, -0.05) is 55.1 Å². The topological polar surface area (TPSA) is 81.4 Å². The summed E-state index contributed by atoms with van der Waals surface area (Å²) in [5.74, 6) is -0.252. The number of nitriles is 1. The maximum atomic E-state index is 13.9. The molecule has 3 aliphatic carbocycles. The summed E-state index contributed by atoms with van der Waals surface area (Å²) in [4.78, 5) is 18.5. The Labute approximate surface area is 207 Å². The molecule has 2 heterocycles. The number of hydrogen-bond acceptors (Lipinski definition) is 6. The maximum Gasteiger partial charge on any atom is 0.233 e. The molecule has 1 N–H and O–H groups in total. The van der Waals surface area contributed by atoms with E-state index >= 15 is 0 Å². The molecule has 3 aromatic rings. The summed E-state index contributed by atoms with van der Waals surface area (Å²) >= 11 is 1.39. The number of anilines is 1. The standard InChI is InChI=1S/C28H23N5OS/c1-18-8-7-13-30-33(18)14-19-15-35-26(31-19)32-25(34)27(2)16-28(17-29)22-11-5-3-9-20(22)24(27)21-10-4-6-12-23(21)28/h3-13,15,24H,1,14,16H2,2H3,(H,31,32,34). The van der Waals surface area contributed by atoms with Gasteiger partial charge in [-0.2, -0.15) is 10.4 Å². The van der Waals surface area contributed by atoms with E-state index in [4.69, 9.17) is 0 Å². The van der Waals surface area contributed by atoms with Gasteiger partial charge in [-0.05, 0) is 47.8 Å². The van der Waals surface area contributed by atoms with E-state index in [2.05, 4.69) is 40.2 Å². The van der Waals surface area contributed by atoms with Crippen molar-refractivity contribution in [3.05, 3.63) is 106 Å². The molecule has 1 amide bonds. The molecule has 1 atom stereocenters. The third kappa shape index (κ3) is 3.10. The Morgan fingerprint density at radius 3 is 2.57 bits per heavy atom.